The van der Waals surface area contributed by atoms with Gasteiger partial charge in [0.2, 0.25) is 0 Å². The molecule has 1 unspecified atom stereocenters. The smallest absolute Gasteiger partial charge is 0.464 e. The molecule has 1 aliphatic rings. The zero-order valence-corrected chi connectivity index (χ0v) is 10.0. The predicted molar refractivity (Wildman–Crippen MR) is 61.0 cm³/mol. The fraction of sp³-hybridized carbons (Fsp3) is 0.400. The molecule has 0 radical (unpaired) electrons. The van der Waals surface area contributed by atoms with Gasteiger partial charge >= 0.3 is 7.54 Å². The summed E-state index contributed by atoms with van der Waals surface area (Å²) in [6.07, 6.45) is 1.55. The fourth-order valence-electron chi connectivity index (χ4n) is 1.73. The van der Waals surface area contributed by atoms with Crippen LogP contribution in [0.2, 0.25) is 0 Å². The second kappa shape index (κ2) is 8.32. The van der Waals surface area contributed by atoms with Gasteiger partial charge in [-0.3, -0.25) is 9.60 Å². The fourth-order valence-corrected chi connectivity index (χ4v) is 1.73. The van der Waals surface area contributed by atoms with Crippen LogP contribution in [0.15, 0.2) is 24.4 Å². The van der Waals surface area contributed by atoms with E-state index in [1.807, 2.05) is 29.0 Å². The summed E-state index contributed by atoms with van der Waals surface area (Å²) in [5.74, 6) is 0.919. The maximum Gasteiger partial charge on any atom is 0.464 e. The van der Waals surface area contributed by atoms with Gasteiger partial charge in [0.05, 0.1) is 31.5 Å². The highest BCUT2D eigenvalue weighted by Gasteiger charge is 2.29. The number of nitrogens with zero attached hydrogens (tertiary/aromatic N) is 3. The summed E-state index contributed by atoms with van der Waals surface area (Å²) in [6, 6.07) is 7.78. The number of fused-ring (bicyclic) bond motifs is 1. The van der Waals surface area contributed by atoms with Crippen molar-refractivity contribution in [2.45, 2.75) is 19.2 Å². The van der Waals surface area contributed by atoms with E-state index >= 15 is 0 Å². The molecule has 0 spiro atoms. The molecule has 0 saturated heterocycles. The monoisotopic (exact) mass is 278 g/mol. The summed E-state index contributed by atoms with van der Waals surface area (Å²) in [6.45, 7) is 0.996. The van der Waals surface area contributed by atoms with Gasteiger partial charge in [-0.2, -0.15) is 5.26 Å². The average molecular weight is 278 g/mol. The second-order valence-corrected chi connectivity index (χ2v) is 3.57. The molecule has 0 bridgehead atoms. The first-order valence-electron chi connectivity index (χ1n) is 5.41. The molecule has 0 N–H and O–H groups in total. The largest absolute Gasteiger partial charge is 0.815 e. The summed E-state index contributed by atoms with van der Waals surface area (Å²) < 4.78 is 31.2. The average Bonchev–Trinajstić information content (AvgIpc) is 2.61. The molecule has 0 aliphatic carbocycles. The van der Waals surface area contributed by atoms with Crippen LogP contribution in [-0.4, -0.2) is 20.3 Å². The number of anilines is 1. The number of pyridine rings is 1. The van der Waals surface area contributed by atoms with Crippen molar-refractivity contribution in [2.75, 3.05) is 11.4 Å². The molecule has 1 aliphatic heterocycles. The topological polar surface area (TPSA) is 54.0 Å². The Labute approximate surface area is 108 Å². The van der Waals surface area contributed by atoms with Gasteiger partial charge in [0.25, 0.3) is 5.82 Å². The van der Waals surface area contributed by atoms with Gasteiger partial charge < -0.3 is 18.1 Å². The van der Waals surface area contributed by atoms with Crippen LogP contribution < -0.4 is 14.6 Å². The first kappa shape index (κ1) is 17.2. The lowest BCUT2D eigenvalue weighted by atomic mass is 10.4. The molecule has 1 atom stereocenters. The third-order valence-electron chi connectivity index (χ3n) is 2.38. The summed E-state index contributed by atoms with van der Waals surface area (Å²) in [5, 5.41) is 20.1. The maximum absolute atomic E-state index is 11.6. The molecule has 4 nitrogen and oxygen atoms in total. The van der Waals surface area contributed by atoms with Gasteiger partial charge in [0.15, 0.2) is 0 Å². The van der Waals surface area contributed by atoms with E-state index in [-0.39, 0.29) is 4.70 Å². The second-order valence-electron chi connectivity index (χ2n) is 3.57. The lowest BCUT2D eigenvalue weighted by Crippen LogP contribution is -2.44. The highest BCUT2D eigenvalue weighted by molar-refractivity contribution is 6.33. The van der Waals surface area contributed by atoms with Crippen molar-refractivity contribution < 1.29 is 27.3 Å². The SMILES string of the molecule is F.F[BH-](F)F.N#CCCN1c2cccc[n+]2CC1[O-]. The van der Waals surface area contributed by atoms with E-state index in [1.165, 1.54) is 0 Å². The molecule has 0 saturated carbocycles. The third kappa shape index (κ3) is 5.13. The van der Waals surface area contributed by atoms with Crippen LogP contribution in [0.1, 0.15) is 6.42 Å². The number of aromatic nitrogens is 1. The summed E-state index contributed by atoms with van der Waals surface area (Å²) in [7, 11) is -4.25. The Bertz CT molecular complexity index is 427. The lowest BCUT2D eigenvalue weighted by molar-refractivity contribution is -0.692. The predicted octanol–water partition coefficient (Wildman–Crippen LogP) is 0.159. The van der Waals surface area contributed by atoms with Crippen molar-refractivity contribution >= 4 is 13.4 Å². The van der Waals surface area contributed by atoms with Crippen molar-refractivity contribution in [3.05, 3.63) is 24.4 Å². The van der Waals surface area contributed by atoms with Crippen LogP contribution in [-0.2, 0) is 6.54 Å². The number of nitriles is 1. The Morgan fingerprint density at radius 1 is 1.47 bits per heavy atom. The number of hydrogen-bond acceptors (Lipinski definition) is 3. The summed E-state index contributed by atoms with van der Waals surface area (Å²) in [5.41, 5.74) is 0. The first-order valence-corrected chi connectivity index (χ1v) is 5.41. The van der Waals surface area contributed by atoms with Crippen molar-refractivity contribution in [3.8, 4) is 6.07 Å². The zero-order chi connectivity index (χ0) is 13.5. The number of rotatable bonds is 2. The van der Waals surface area contributed by atoms with Crippen LogP contribution in [0, 0.1) is 11.3 Å². The van der Waals surface area contributed by atoms with E-state index in [0.29, 0.717) is 19.5 Å². The molecule has 1 aromatic heterocycles. The minimum Gasteiger partial charge on any atom is -0.815 e. The van der Waals surface area contributed by atoms with Crippen LogP contribution >= 0.6 is 0 Å². The minimum atomic E-state index is -4.25. The molecular formula is C10H13BF4N3O-. The van der Waals surface area contributed by atoms with Crippen LogP contribution in [0.4, 0.5) is 23.5 Å². The normalized spacial score (nSPS) is 16.0. The number of halogens is 4. The maximum atomic E-state index is 11.6. The van der Waals surface area contributed by atoms with Gasteiger partial charge in [0, 0.05) is 6.07 Å². The van der Waals surface area contributed by atoms with Crippen molar-refractivity contribution in [1.29, 1.82) is 5.26 Å². The van der Waals surface area contributed by atoms with E-state index in [1.54, 1.807) is 4.90 Å². The quantitative estimate of drug-likeness (QED) is 0.440. The molecule has 0 amide bonds. The summed E-state index contributed by atoms with van der Waals surface area (Å²) in [4.78, 5) is 1.74. The Morgan fingerprint density at radius 3 is 2.68 bits per heavy atom. The highest BCUT2D eigenvalue weighted by Crippen LogP contribution is 2.15. The van der Waals surface area contributed by atoms with Gasteiger partial charge in [-0.05, 0) is 6.07 Å². The van der Waals surface area contributed by atoms with E-state index in [4.69, 9.17) is 5.26 Å². The Balaban J connectivity index is 0.000000576. The third-order valence-corrected chi connectivity index (χ3v) is 2.38. The van der Waals surface area contributed by atoms with Gasteiger partial charge in [0.1, 0.15) is 6.54 Å². The van der Waals surface area contributed by atoms with E-state index < -0.39 is 13.8 Å². The zero-order valence-electron chi connectivity index (χ0n) is 10.0. The molecule has 19 heavy (non-hydrogen) atoms. The van der Waals surface area contributed by atoms with Crippen LogP contribution in [0.3, 0.4) is 0 Å². The first-order chi connectivity index (χ1) is 8.56. The van der Waals surface area contributed by atoms with E-state index in [2.05, 4.69) is 6.07 Å². The van der Waals surface area contributed by atoms with Gasteiger partial charge in [-0.1, -0.05) is 6.07 Å². The molecule has 2 rings (SSSR count). The van der Waals surface area contributed by atoms with E-state index in [0.717, 1.165) is 5.82 Å². The number of hydrogen-bond donors (Lipinski definition) is 0. The van der Waals surface area contributed by atoms with Gasteiger partial charge in [-0.15, -0.1) is 0 Å². The molecular weight excluding hydrogens is 265 g/mol. The molecule has 2 heterocycles. The molecule has 1 aromatic rings. The van der Waals surface area contributed by atoms with Crippen LogP contribution in [0.25, 0.3) is 0 Å². The van der Waals surface area contributed by atoms with Gasteiger partial charge in [-0.25, -0.2) is 4.57 Å². The van der Waals surface area contributed by atoms with Crippen molar-refractivity contribution in [1.82, 2.24) is 0 Å². The molecule has 9 heteroatoms. The Morgan fingerprint density at radius 2 is 2.11 bits per heavy atom. The lowest BCUT2D eigenvalue weighted by Gasteiger charge is -2.20. The standard InChI is InChI=1S/C10H11N3O.BF3H.FH/c11-5-3-7-13-9-4-1-2-6-12(9)8-10(13)14;2-1(3)4;/h1-2,4,6,10H,3,7-8H2;1H;1H/q;-1;. The van der Waals surface area contributed by atoms with E-state index in [9.17, 15) is 18.1 Å². The van der Waals surface area contributed by atoms with Crippen LogP contribution in [0.5, 0.6) is 0 Å². The summed E-state index contributed by atoms with van der Waals surface area (Å²) >= 11 is 0. The highest BCUT2D eigenvalue weighted by atomic mass is 19.4. The molecule has 106 valence electrons. The Hall–Kier alpha value is -1.82. The van der Waals surface area contributed by atoms with Crippen molar-refractivity contribution in [3.63, 3.8) is 0 Å². The minimum absolute atomic E-state index is 0. The van der Waals surface area contributed by atoms with Crippen molar-refractivity contribution in [2.24, 2.45) is 0 Å². The Kier molecular flexibility index (Phi) is 7.52. The molecule has 0 fully saturated rings. The molecule has 0 aromatic carbocycles.